The summed E-state index contributed by atoms with van der Waals surface area (Å²) in [5.74, 6) is -0.0496. The molecule has 0 saturated carbocycles. The molecule has 3 heteroatoms. The number of benzene rings is 2. The highest BCUT2D eigenvalue weighted by Gasteiger charge is 2.13. The van der Waals surface area contributed by atoms with Gasteiger partial charge >= 0.3 is 5.97 Å². The van der Waals surface area contributed by atoms with Crippen LogP contribution in [0.1, 0.15) is 43.6 Å². The highest BCUT2D eigenvalue weighted by Crippen LogP contribution is 2.29. The van der Waals surface area contributed by atoms with E-state index in [1.807, 2.05) is 45.0 Å². The Labute approximate surface area is 131 Å². The summed E-state index contributed by atoms with van der Waals surface area (Å²) in [6.07, 6.45) is 0.886. The summed E-state index contributed by atoms with van der Waals surface area (Å²) in [6, 6.07) is 13.0. The molecule has 1 N–H and O–H groups in total. The number of aromatic carboxylic acids is 1. The third-order valence-corrected chi connectivity index (χ3v) is 3.32. The monoisotopic (exact) mass is 298 g/mol. The molecule has 0 amide bonds. The zero-order valence-corrected chi connectivity index (χ0v) is 13.5. The zero-order valence-electron chi connectivity index (χ0n) is 13.5. The maximum atomic E-state index is 10.9. The smallest absolute Gasteiger partial charge is 0.335 e. The van der Waals surface area contributed by atoms with E-state index >= 15 is 0 Å². The van der Waals surface area contributed by atoms with Gasteiger partial charge in [0, 0.05) is 0 Å². The van der Waals surface area contributed by atoms with Gasteiger partial charge in [-0.05, 0) is 68.1 Å². The summed E-state index contributed by atoms with van der Waals surface area (Å²) >= 11 is 0. The topological polar surface area (TPSA) is 46.5 Å². The van der Waals surface area contributed by atoms with Crippen LogP contribution >= 0.6 is 0 Å². The molecule has 0 atom stereocenters. The van der Waals surface area contributed by atoms with E-state index in [1.54, 1.807) is 12.1 Å². The second kappa shape index (κ2) is 6.22. The van der Waals surface area contributed by atoms with Crippen molar-refractivity contribution >= 4 is 5.97 Å². The minimum Gasteiger partial charge on any atom is -0.488 e. The molecule has 0 spiro atoms. The van der Waals surface area contributed by atoms with Crippen molar-refractivity contribution in [2.24, 2.45) is 0 Å². The first-order valence-corrected chi connectivity index (χ1v) is 7.46. The Kier molecular flexibility index (Phi) is 4.55. The van der Waals surface area contributed by atoms with Crippen LogP contribution in [0.25, 0.3) is 11.1 Å². The van der Waals surface area contributed by atoms with Gasteiger partial charge < -0.3 is 9.84 Å². The Balaban J connectivity index is 2.36. The third-order valence-electron chi connectivity index (χ3n) is 3.32. The first-order chi connectivity index (χ1) is 10.3. The minimum absolute atomic E-state index is 0.227. The fourth-order valence-corrected chi connectivity index (χ4v) is 2.35. The molecule has 0 saturated heterocycles. The predicted molar refractivity (Wildman–Crippen MR) is 88.6 cm³/mol. The number of hydrogen-bond acceptors (Lipinski definition) is 2. The number of aryl methyl sites for hydroxylation is 1. The first-order valence-electron chi connectivity index (χ1n) is 7.46. The van der Waals surface area contributed by atoms with Crippen molar-refractivity contribution in [1.29, 1.82) is 0 Å². The second-order valence-corrected chi connectivity index (χ2v) is 6.27. The Morgan fingerprint density at radius 3 is 2.23 bits per heavy atom. The van der Waals surface area contributed by atoms with E-state index in [-0.39, 0.29) is 5.60 Å². The van der Waals surface area contributed by atoms with Gasteiger partial charge in [-0.25, -0.2) is 4.79 Å². The molecule has 0 radical (unpaired) electrons. The fraction of sp³-hybridized carbons (Fsp3) is 0.316. The van der Waals surface area contributed by atoms with E-state index in [4.69, 9.17) is 9.84 Å². The molecule has 0 aliphatic heterocycles. The van der Waals surface area contributed by atoms with Crippen molar-refractivity contribution in [3.63, 3.8) is 0 Å². The average Bonchev–Trinajstić information content (AvgIpc) is 2.45. The maximum Gasteiger partial charge on any atom is 0.335 e. The van der Waals surface area contributed by atoms with Gasteiger partial charge in [-0.3, -0.25) is 0 Å². The number of carbonyl (C=O) groups is 1. The van der Waals surface area contributed by atoms with Gasteiger partial charge in [-0.15, -0.1) is 0 Å². The van der Waals surface area contributed by atoms with Crippen LogP contribution in [-0.2, 0) is 6.42 Å². The molecular formula is C19H22O3. The molecule has 2 aromatic carbocycles. The summed E-state index contributed by atoms with van der Waals surface area (Å²) in [5, 5.41) is 8.98. The van der Waals surface area contributed by atoms with Crippen LogP contribution in [0.5, 0.6) is 5.75 Å². The van der Waals surface area contributed by atoms with Gasteiger partial charge in [0.15, 0.2) is 0 Å². The largest absolute Gasteiger partial charge is 0.488 e. The molecule has 0 aliphatic carbocycles. The summed E-state index contributed by atoms with van der Waals surface area (Å²) < 4.78 is 5.91. The highest BCUT2D eigenvalue weighted by molar-refractivity contribution is 5.88. The van der Waals surface area contributed by atoms with Crippen LogP contribution in [0.3, 0.4) is 0 Å². The van der Waals surface area contributed by atoms with Crippen molar-refractivity contribution < 1.29 is 14.6 Å². The van der Waals surface area contributed by atoms with Crippen LogP contribution in [-0.4, -0.2) is 16.7 Å². The maximum absolute atomic E-state index is 10.9. The number of carboxylic acids is 1. The van der Waals surface area contributed by atoms with Crippen molar-refractivity contribution in [2.75, 3.05) is 0 Å². The Morgan fingerprint density at radius 2 is 1.73 bits per heavy atom. The van der Waals surface area contributed by atoms with Gasteiger partial charge in [-0.2, -0.15) is 0 Å². The molecule has 0 bridgehead atoms. The van der Waals surface area contributed by atoms with Crippen molar-refractivity contribution in [3.05, 3.63) is 53.6 Å². The van der Waals surface area contributed by atoms with Crippen LogP contribution in [0.4, 0.5) is 0 Å². The predicted octanol–water partition coefficient (Wildman–Crippen LogP) is 4.79. The summed E-state index contributed by atoms with van der Waals surface area (Å²) in [7, 11) is 0. The fourth-order valence-electron chi connectivity index (χ4n) is 2.35. The van der Waals surface area contributed by atoms with E-state index in [0.717, 1.165) is 23.3 Å². The number of rotatable bonds is 4. The first kappa shape index (κ1) is 16.1. The molecule has 2 rings (SSSR count). The molecule has 2 aromatic rings. The molecule has 0 aromatic heterocycles. The van der Waals surface area contributed by atoms with Crippen LogP contribution < -0.4 is 4.74 Å². The van der Waals surface area contributed by atoms with Crippen LogP contribution in [0.2, 0.25) is 0 Å². The molecule has 0 unspecified atom stereocenters. The molecule has 0 fully saturated rings. The lowest BCUT2D eigenvalue weighted by atomic mass is 9.97. The van der Waals surface area contributed by atoms with Crippen molar-refractivity contribution in [3.8, 4) is 16.9 Å². The molecular weight excluding hydrogens is 276 g/mol. The highest BCUT2D eigenvalue weighted by atomic mass is 16.5. The molecule has 22 heavy (non-hydrogen) atoms. The number of carboxylic acid groups (broad SMARTS) is 1. The minimum atomic E-state index is -0.906. The zero-order chi connectivity index (χ0) is 16.3. The second-order valence-electron chi connectivity index (χ2n) is 6.27. The van der Waals surface area contributed by atoms with E-state index < -0.39 is 5.97 Å². The van der Waals surface area contributed by atoms with Crippen LogP contribution in [0, 0.1) is 0 Å². The Bertz CT molecular complexity index is 664. The lowest BCUT2D eigenvalue weighted by Crippen LogP contribution is -2.23. The van der Waals surface area contributed by atoms with Crippen molar-refractivity contribution in [1.82, 2.24) is 0 Å². The number of hydrogen-bond donors (Lipinski definition) is 1. The molecule has 116 valence electrons. The van der Waals surface area contributed by atoms with Gasteiger partial charge in [0.1, 0.15) is 11.4 Å². The van der Waals surface area contributed by atoms with E-state index in [0.29, 0.717) is 5.56 Å². The lowest BCUT2D eigenvalue weighted by Gasteiger charge is -2.22. The third kappa shape index (κ3) is 3.88. The number of ether oxygens (including phenoxy) is 1. The summed E-state index contributed by atoms with van der Waals surface area (Å²) in [4.78, 5) is 10.9. The SMILES string of the molecule is CCc1cc(OC(C)(C)C)ccc1-c1ccc(C(=O)O)cc1. The molecule has 0 heterocycles. The van der Waals surface area contributed by atoms with Gasteiger partial charge in [0.25, 0.3) is 0 Å². The van der Waals surface area contributed by atoms with E-state index in [1.165, 1.54) is 5.56 Å². The van der Waals surface area contributed by atoms with E-state index in [2.05, 4.69) is 13.0 Å². The quantitative estimate of drug-likeness (QED) is 0.882. The van der Waals surface area contributed by atoms with Gasteiger partial charge in [-0.1, -0.05) is 25.1 Å². The lowest BCUT2D eigenvalue weighted by molar-refractivity contribution is 0.0697. The van der Waals surface area contributed by atoms with Crippen molar-refractivity contribution in [2.45, 2.75) is 39.7 Å². The summed E-state index contributed by atoms with van der Waals surface area (Å²) in [6.45, 7) is 8.18. The standard InChI is InChI=1S/C19H22O3/c1-5-13-12-16(22-19(2,3)4)10-11-17(13)14-6-8-15(9-7-14)18(20)21/h6-12H,5H2,1-4H3,(H,20,21). The van der Waals surface area contributed by atoms with Gasteiger partial charge in [0.2, 0.25) is 0 Å². The average molecular weight is 298 g/mol. The van der Waals surface area contributed by atoms with Gasteiger partial charge in [0.05, 0.1) is 5.56 Å². The normalized spacial score (nSPS) is 11.3. The van der Waals surface area contributed by atoms with E-state index in [9.17, 15) is 4.79 Å². The summed E-state index contributed by atoms with van der Waals surface area (Å²) in [5.41, 5.74) is 3.39. The van der Waals surface area contributed by atoms with Crippen LogP contribution in [0.15, 0.2) is 42.5 Å². The molecule has 3 nitrogen and oxygen atoms in total. The Morgan fingerprint density at radius 1 is 1.09 bits per heavy atom. The Hall–Kier alpha value is -2.29. The molecule has 0 aliphatic rings.